The molecule has 1 aliphatic rings. The second-order valence-corrected chi connectivity index (χ2v) is 8.75. The van der Waals surface area contributed by atoms with Crippen LogP contribution in [0.1, 0.15) is 11.6 Å². The van der Waals surface area contributed by atoms with Gasteiger partial charge in [0.1, 0.15) is 24.7 Å². The number of nitrogens with zero attached hydrogens (tertiary/aromatic N) is 1. The number of hydrogen-bond donors (Lipinski definition) is 2. The average molecular weight is 441 g/mol. The molecule has 31 heavy (non-hydrogen) atoms. The van der Waals surface area contributed by atoms with E-state index in [1.54, 1.807) is 0 Å². The van der Waals surface area contributed by atoms with Gasteiger partial charge in [-0.15, -0.1) is 0 Å². The first-order valence-electron chi connectivity index (χ1n) is 9.87. The first-order chi connectivity index (χ1) is 14.9. The highest BCUT2D eigenvalue weighted by molar-refractivity contribution is 7.85. The van der Waals surface area contributed by atoms with Crippen molar-refractivity contribution >= 4 is 31.9 Å². The summed E-state index contributed by atoms with van der Waals surface area (Å²) in [5.74, 6) is 1.80. The molecule has 0 bridgehead atoms. The van der Waals surface area contributed by atoms with E-state index in [4.69, 9.17) is 19.8 Å². The van der Waals surface area contributed by atoms with Gasteiger partial charge in [0.25, 0.3) is 10.1 Å². The Morgan fingerprint density at radius 2 is 1.81 bits per heavy atom. The molecule has 162 valence electrons. The second-order valence-electron chi connectivity index (χ2n) is 7.28. The SMILES string of the molecule is CS(=O)(=O)O.NCCOc1cccc2c1c1cccc3c1n2C(c1ccccc1)CO3. The standard InChI is InChI=1S/C22H20N2O2.CH4O3S/c23-12-13-25-19-10-5-9-17-21(19)16-8-4-11-20-22(16)24(17)18(14-26-20)15-6-2-1-3-7-15;1-5(2,3)4/h1-11,18H,12-14,23H2;1H3,(H,2,3,4). The molecule has 8 heteroatoms. The van der Waals surface area contributed by atoms with E-state index in [1.165, 1.54) is 11.1 Å². The van der Waals surface area contributed by atoms with Gasteiger partial charge in [0, 0.05) is 17.3 Å². The second kappa shape index (κ2) is 8.58. The molecule has 3 aromatic carbocycles. The minimum atomic E-state index is -3.67. The van der Waals surface area contributed by atoms with Gasteiger partial charge in [-0.2, -0.15) is 8.42 Å². The Morgan fingerprint density at radius 1 is 1.10 bits per heavy atom. The molecule has 3 N–H and O–H groups in total. The molecule has 1 unspecified atom stereocenters. The first-order valence-corrected chi connectivity index (χ1v) is 11.7. The Kier molecular flexibility index (Phi) is 5.86. The molecule has 0 saturated carbocycles. The van der Waals surface area contributed by atoms with Crippen LogP contribution in [0.4, 0.5) is 0 Å². The van der Waals surface area contributed by atoms with Crippen LogP contribution in [0.3, 0.4) is 0 Å². The zero-order chi connectivity index (χ0) is 22.0. The third-order valence-corrected chi connectivity index (χ3v) is 5.04. The van der Waals surface area contributed by atoms with Crippen LogP contribution >= 0.6 is 0 Å². The highest BCUT2D eigenvalue weighted by atomic mass is 32.2. The predicted molar refractivity (Wildman–Crippen MR) is 122 cm³/mol. The van der Waals surface area contributed by atoms with Gasteiger partial charge >= 0.3 is 0 Å². The van der Waals surface area contributed by atoms with Gasteiger partial charge < -0.3 is 19.8 Å². The van der Waals surface area contributed by atoms with Crippen LogP contribution in [0.15, 0.2) is 66.7 Å². The smallest absolute Gasteiger partial charge is 0.261 e. The van der Waals surface area contributed by atoms with Crippen molar-refractivity contribution in [3.8, 4) is 11.5 Å². The Bertz CT molecular complexity index is 1310. The van der Waals surface area contributed by atoms with Crippen LogP contribution in [-0.2, 0) is 10.1 Å². The Balaban J connectivity index is 0.000000418. The normalized spacial score (nSPS) is 15.3. The third-order valence-electron chi connectivity index (χ3n) is 5.04. The summed E-state index contributed by atoms with van der Waals surface area (Å²) < 4.78 is 40.4. The fraction of sp³-hybridized carbons (Fsp3) is 0.217. The monoisotopic (exact) mass is 440 g/mol. The molecule has 0 spiro atoms. The zero-order valence-electron chi connectivity index (χ0n) is 17.1. The van der Waals surface area contributed by atoms with Crippen molar-refractivity contribution < 1.29 is 22.4 Å². The first kappa shape index (κ1) is 21.2. The summed E-state index contributed by atoms with van der Waals surface area (Å²) >= 11 is 0. The molecule has 0 radical (unpaired) electrons. The van der Waals surface area contributed by atoms with Crippen molar-refractivity contribution in [2.45, 2.75) is 6.04 Å². The number of ether oxygens (including phenoxy) is 2. The maximum absolute atomic E-state index is 9.19. The number of aromatic nitrogens is 1. The van der Waals surface area contributed by atoms with Gasteiger partial charge in [0.15, 0.2) is 0 Å². The van der Waals surface area contributed by atoms with Crippen LogP contribution in [0.2, 0.25) is 0 Å². The molecule has 0 saturated heterocycles. The van der Waals surface area contributed by atoms with Crippen LogP contribution in [0.25, 0.3) is 21.8 Å². The lowest BCUT2D eigenvalue weighted by Gasteiger charge is -2.27. The lowest BCUT2D eigenvalue weighted by molar-refractivity contribution is 0.262. The van der Waals surface area contributed by atoms with Crippen LogP contribution in [-0.4, -0.2) is 43.6 Å². The van der Waals surface area contributed by atoms with Gasteiger partial charge in [-0.1, -0.05) is 48.5 Å². The summed E-state index contributed by atoms with van der Waals surface area (Å²) in [5.41, 5.74) is 9.19. The number of hydrogen-bond acceptors (Lipinski definition) is 5. The van der Waals surface area contributed by atoms with Crippen molar-refractivity contribution in [1.29, 1.82) is 0 Å². The predicted octanol–water partition coefficient (Wildman–Crippen LogP) is 3.62. The van der Waals surface area contributed by atoms with E-state index in [0.29, 0.717) is 26.0 Å². The van der Waals surface area contributed by atoms with E-state index in [1.807, 2.05) is 30.3 Å². The van der Waals surface area contributed by atoms with Gasteiger partial charge in [-0.05, 0) is 23.8 Å². The summed E-state index contributed by atoms with van der Waals surface area (Å²) in [7, 11) is -3.67. The number of rotatable bonds is 4. The Labute approximate surface area is 180 Å². The van der Waals surface area contributed by atoms with Crippen molar-refractivity contribution in [1.82, 2.24) is 4.57 Å². The number of para-hydroxylation sites is 1. The molecular formula is C23H24N2O5S. The van der Waals surface area contributed by atoms with E-state index in [9.17, 15) is 8.42 Å². The van der Waals surface area contributed by atoms with Crippen LogP contribution < -0.4 is 15.2 Å². The molecular weight excluding hydrogens is 416 g/mol. The number of fused-ring (bicyclic) bond motifs is 3. The van der Waals surface area contributed by atoms with Gasteiger partial charge in [-0.25, -0.2) is 0 Å². The highest BCUT2D eigenvalue weighted by Crippen LogP contribution is 2.44. The average Bonchev–Trinajstić information content (AvgIpc) is 3.09. The molecule has 5 rings (SSSR count). The minimum absolute atomic E-state index is 0.135. The molecule has 1 aliphatic heterocycles. The van der Waals surface area contributed by atoms with Gasteiger partial charge in [0.2, 0.25) is 0 Å². The van der Waals surface area contributed by atoms with Gasteiger partial charge in [0.05, 0.1) is 23.3 Å². The summed E-state index contributed by atoms with van der Waals surface area (Å²) in [6, 6.07) is 23.1. The maximum atomic E-state index is 9.19. The van der Waals surface area contributed by atoms with Crippen LogP contribution in [0.5, 0.6) is 11.5 Å². The molecule has 2 heterocycles. The number of nitrogens with two attached hydrogens (primary N) is 1. The summed E-state index contributed by atoms with van der Waals surface area (Å²) in [6.45, 7) is 1.62. The van der Waals surface area contributed by atoms with Crippen molar-refractivity contribution in [2.24, 2.45) is 5.73 Å². The van der Waals surface area contributed by atoms with Gasteiger partial charge in [-0.3, -0.25) is 4.55 Å². The van der Waals surface area contributed by atoms with Crippen molar-refractivity contribution in [3.63, 3.8) is 0 Å². The molecule has 1 aromatic heterocycles. The van der Waals surface area contributed by atoms with E-state index in [0.717, 1.165) is 27.8 Å². The summed E-state index contributed by atoms with van der Waals surface area (Å²) in [6.07, 6.45) is 0.715. The molecule has 1 atom stereocenters. The fourth-order valence-corrected chi connectivity index (χ4v) is 3.98. The third kappa shape index (κ3) is 4.36. The summed E-state index contributed by atoms with van der Waals surface area (Å²) in [4.78, 5) is 0. The Morgan fingerprint density at radius 3 is 2.52 bits per heavy atom. The molecule has 4 aromatic rings. The molecule has 7 nitrogen and oxygen atoms in total. The summed E-state index contributed by atoms with van der Waals surface area (Å²) in [5, 5.41) is 2.29. The Hall–Kier alpha value is -3.07. The van der Waals surface area contributed by atoms with E-state index in [2.05, 4.69) is 41.0 Å². The van der Waals surface area contributed by atoms with E-state index >= 15 is 0 Å². The van der Waals surface area contributed by atoms with E-state index < -0.39 is 10.1 Å². The maximum Gasteiger partial charge on any atom is 0.261 e. The molecule has 0 amide bonds. The molecule has 0 fully saturated rings. The topological polar surface area (TPSA) is 104 Å². The highest BCUT2D eigenvalue weighted by Gasteiger charge is 2.28. The number of benzene rings is 3. The lowest BCUT2D eigenvalue weighted by Crippen LogP contribution is -2.22. The van der Waals surface area contributed by atoms with Crippen molar-refractivity contribution in [3.05, 3.63) is 72.3 Å². The zero-order valence-corrected chi connectivity index (χ0v) is 17.9. The largest absolute Gasteiger partial charge is 0.492 e. The molecule has 0 aliphatic carbocycles. The van der Waals surface area contributed by atoms with Crippen LogP contribution in [0, 0.1) is 0 Å². The quantitative estimate of drug-likeness (QED) is 0.470. The lowest BCUT2D eigenvalue weighted by atomic mass is 10.1. The minimum Gasteiger partial charge on any atom is -0.492 e. The van der Waals surface area contributed by atoms with Crippen molar-refractivity contribution in [2.75, 3.05) is 26.0 Å². The van der Waals surface area contributed by atoms with E-state index in [-0.39, 0.29) is 6.04 Å². The fourth-order valence-electron chi connectivity index (χ4n) is 3.98.